The van der Waals surface area contributed by atoms with Crippen LogP contribution in [0.4, 0.5) is 19.0 Å². The Morgan fingerprint density at radius 2 is 1.97 bits per heavy atom. The van der Waals surface area contributed by atoms with Crippen molar-refractivity contribution >= 4 is 11.5 Å². The number of pyridine rings is 1. The second kappa shape index (κ2) is 6.87. The first-order chi connectivity index (χ1) is 15.5. The first-order valence-electron chi connectivity index (χ1n) is 10.0. The van der Waals surface area contributed by atoms with Crippen LogP contribution in [0.2, 0.25) is 0 Å². The Bertz CT molecular complexity index is 1370. The van der Waals surface area contributed by atoms with E-state index in [4.69, 9.17) is 9.47 Å². The summed E-state index contributed by atoms with van der Waals surface area (Å²) in [6.07, 6.45) is 0.220. The molecule has 1 atom stereocenters. The SMILES string of the molecule is Cn1cc(-c2cc3c(n4cnnc24)NCc2c(F)ccc4c2[C@H](CO4)CO3)c(C(F)F)n1. The van der Waals surface area contributed by atoms with E-state index in [1.807, 2.05) is 0 Å². The van der Waals surface area contributed by atoms with Crippen LogP contribution in [0, 0.1) is 5.82 Å². The van der Waals surface area contributed by atoms with Crippen molar-refractivity contribution in [2.45, 2.75) is 18.9 Å². The molecule has 0 saturated heterocycles. The van der Waals surface area contributed by atoms with Gasteiger partial charge in [-0.2, -0.15) is 5.10 Å². The van der Waals surface area contributed by atoms with E-state index in [-0.39, 0.29) is 36.1 Å². The van der Waals surface area contributed by atoms with Gasteiger partial charge in [-0.25, -0.2) is 13.2 Å². The molecule has 4 aromatic rings. The monoisotopic (exact) mass is 442 g/mol. The summed E-state index contributed by atoms with van der Waals surface area (Å²) in [6.45, 7) is 0.800. The fourth-order valence-corrected chi connectivity index (χ4v) is 4.46. The third-order valence-corrected chi connectivity index (χ3v) is 5.87. The van der Waals surface area contributed by atoms with Crippen molar-refractivity contribution in [3.8, 4) is 22.6 Å². The number of halogens is 3. The number of alkyl halides is 2. The molecule has 32 heavy (non-hydrogen) atoms. The number of benzene rings is 1. The number of hydrogen-bond donors (Lipinski definition) is 1. The lowest BCUT2D eigenvalue weighted by atomic mass is 9.96. The predicted molar refractivity (Wildman–Crippen MR) is 108 cm³/mol. The minimum absolute atomic E-state index is 0.154. The molecule has 3 aromatic heterocycles. The number of nitrogens with zero attached hydrogens (tertiary/aromatic N) is 5. The molecule has 0 bridgehead atoms. The molecule has 164 valence electrons. The lowest BCUT2D eigenvalue weighted by Gasteiger charge is -2.16. The molecule has 5 heterocycles. The van der Waals surface area contributed by atoms with E-state index in [1.54, 1.807) is 23.6 Å². The van der Waals surface area contributed by atoms with Crippen LogP contribution < -0.4 is 14.8 Å². The molecule has 0 aliphatic carbocycles. The highest BCUT2D eigenvalue weighted by molar-refractivity contribution is 5.83. The summed E-state index contributed by atoms with van der Waals surface area (Å²) in [7, 11) is 1.58. The van der Waals surface area contributed by atoms with Gasteiger partial charge in [0.25, 0.3) is 6.43 Å². The van der Waals surface area contributed by atoms with Crippen LogP contribution in [0.3, 0.4) is 0 Å². The standard InChI is InChI=1S/C21H17F3N6O2/c1-29-6-13(18(28-29)19(23)24)11-4-16-21(30-9-26-27-20(11)30)25-5-12-14(22)2-3-15-17(12)10(7-31-15)8-32-16/h2-4,6,9-10,19,25H,5,7-8H2,1H3/t10-/m1/s1. The lowest BCUT2D eigenvalue weighted by molar-refractivity contribution is 0.146. The van der Waals surface area contributed by atoms with Gasteiger partial charge in [-0.15, -0.1) is 10.2 Å². The highest BCUT2D eigenvalue weighted by atomic mass is 19.3. The third kappa shape index (κ3) is 2.73. The van der Waals surface area contributed by atoms with Crippen LogP contribution in [0.25, 0.3) is 16.8 Å². The van der Waals surface area contributed by atoms with E-state index >= 15 is 0 Å². The van der Waals surface area contributed by atoms with E-state index in [2.05, 4.69) is 20.6 Å². The van der Waals surface area contributed by atoms with Gasteiger partial charge < -0.3 is 14.8 Å². The van der Waals surface area contributed by atoms with Crippen molar-refractivity contribution in [1.82, 2.24) is 24.4 Å². The molecule has 1 N–H and O–H groups in total. The van der Waals surface area contributed by atoms with Crippen LogP contribution in [0.15, 0.2) is 30.7 Å². The highest BCUT2D eigenvalue weighted by Crippen LogP contribution is 2.42. The van der Waals surface area contributed by atoms with Crippen LogP contribution in [-0.2, 0) is 13.6 Å². The molecule has 0 fully saturated rings. The summed E-state index contributed by atoms with van der Waals surface area (Å²) < 4.78 is 56.8. The second-order valence-corrected chi connectivity index (χ2v) is 7.81. The summed E-state index contributed by atoms with van der Waals surface area (Å²) in [5.41, 5.74) is 1.97. The van der Waals surface area contributed by atoms with Crippen molar-refractivity contribution in [1.29, 1.82) is 0 Å². The van der Waals surface area contributed by atoms with E-state index in [9.17, 15) is 13.2 Å². The van der Waals surface area contributed by atoms with Gasteiger partial charge in [0, 0.05) is 42.0 Å². The molecule has 2 aliphatic heterocycles. The van der Waals surface area contributed by atoms with Gasteiger partial charge >= 0.3 is 0 Å². The molecule has 8 nitrogen and oxygen atoms in total. The zero-order chi connectivity index (χ0) is 22.0. The van der Waals surface area contributed by atoms with Gasteiger partial charge in [-0.05, 0) is 18.2 Å². The van der Waals surface area contributed by atoms with Crippen LogP contribution in [0.1, 0.15) is 29.2 Å². The molecule has 6 rings (SSSR count). The maximum Gasteiger partial charge on any atom is 0.282 e. The van der Waals surface area contributed by atoms with Crippen LogP contribution in [0.5, 0.6) is 11.5 Å². The van der Waals surface area contributed by atoms with Crippen molar-refractivity contribution in [2.75, 3.05) is 18.5 Å². The fourth-order valence-electron chi connectivity index (χ4n) is 4.46. The molecular weight excluding hydrogens is 425 g/mol. The summed E-state index contributed by atoms with van der Waals surface area (Å²) in [4.78, 5) is 0. The molecule has 0 radical (unpaired) electrons. The second-order valence-electron chi connectivity index (χ2n) is 7.81. The van der Waals surface area contributed by atoms with Gasteiger partial charge in [0.1, 0.15) is 23.6 Å². The van der Waals surface area contributed by atoms with Gasteiger partial charge in [0.05, 0.1) is 19.1 Å². The Balaban J connectivity index is 1.53. The minimum atomic E-state index is -2.76. The van der Waals surface area contributed by atoms with Crippen LogP contribution >= 0.6 is 0 Å². The van der Waals surface area contributed by atoms with Gasteiger partial charge in [0.15, 0.2) is 17.2 Å². The molecule has 0 amide bonds. The van der Waals surface area contributed by atoms with Crippen LogP contribution in [-0.4, -0.2) is 37.6 Å². The molecule has 11 heteroatoms. The van der Waals surface area contributed by atoms with Crippen molar-refractivity contribution < 1.29 is 22.6 Å². The Labute approximate surface area is 179 Å². The lowest BCUT2D eigenvalue weighted by Crippen LogP contribution is -2.13. The smallest absolute Gasteiger partial charge is 0.282 e. The summed E-state index contributed by atoms with van der Waals surface area (Å²) in [6, 6.07) is 4.67. The number of ether oxygens (including phenoxy) is 2. The Kier molecular flexibility index (Phi) is 4.07. The molecular formula is C21H17F3N6O2. The average Bonchev–Trinajstić information content (AvgIpc) is 3.49. The average molecular weight is 442 g/mol. The Morgan fingerprint density at radius 3 is 2.78 bits per heavy atom. The maximum absolute atomic E-state index is 14.7. The zero-order valence-electron chi connectivity index (χ0n) is 16.8. The number of fused-ring (bicyclic) bond motifs is 3. The van der Waals surface area contributed by atoms with Crippen molar-refractivity contribution in [2.24, 2.45) is 7.05 Å². The summed E-state index contributed by atoms with van der Waals surface area (Å²) in [5.74, 6) is 1.09. The topological polar surface area (TPSA) is 78.5 Å². The summed E-state index contributed by atoms with van der Waals surface area (Å²) in [5, 5.41) is 15.2. The zero-order valence-corrected chi connectivity index (χ0v) is 16.8. The quantitative estimate of drug-likeness (QED) is 0.510. The first-order valence-corrected chi connectivity index (χ1v) is 10.0. The van der Waals surface area contributed by atoms with Gasteiger partial charge in [-0.1, -0.05) is 0 Å². The number of aryl methyl sites for hydroxylation is 1. The molecule has 0 spiro atoms. The van der Waals surface area contributed by atoms with Gasteiger partial charge in [0.2, 0.25) is 0 Å². The number of aromatic nitrogens is 5. The maximum atomic E-state index is 14.7. The Hall–Kier alpha value is -3.76. The largest absolute Gasteiger partial charge is 0.493 e. The van der Waals surface area contributed by atoms with E-state index in [0.717, 1.165) is 5.56 Å². The number of rotatable bonds is 2. The fraction of sp³-hybridized carbons (Fsp3) is 0.286. The number of hydrogen-bond acceptors (Lipinski definition) is 6. The number of nitrogens with one attached hydrogen (secondary N) is 1. The van der Waals surface area contributed by atoms with E-state index in [1.165, 1.54) is 23.3 Å². The third-order valence-electron chi connectivity index (χ3n) is 5.87. The van der Waals surface area contributed by atoms with Crippen molar-refractivity contribution in [3.05, 3.63) is 53.4 Å². The number of anilines is 1. The minimum Gasteiger partial charge on any atom is -0.493 e. The summed E-state index contributed by atoms with van der Waals surface area (Å²) >= 11 is 0. The Morgan fingerprint density at radius 1 is 1.16 bits per heavy atom. The molecule has 0 unspecified atom stereocenters. The highest BCUT2D eigenvalue weighted by Gasteiger charge is 2.32. The first kappa shape index (κ1) is 19.0. The molecule has 0 saturated carbocycles. The molecule has 2 aliphatic rings. The normalized spacial score (nSPS) is 17.1. The molecule has 1 aromatic carbocycles. The predicted octanol–water partition coefficient (Wildman–Crippen LogP) is 3.69. The van der Waals surface area contributed by atoms with E-state index in [0.29, 0.717) is 40.7 Å². The van der Waals surface area contributed by atoms with Gasteiger partial charge in [-0.3, -0.25) is 9.08 Å². The van der Waals surface area contributed by atoms with Crippen molar-refractivity contribution in [3.63, 3.8) is 0 Å². The van der Waals surface area contributed by atoms with E-state index < -0.39 is 6.43 Å².